The zero-order chi connectivity index (χ0) is 21.0. The summed E-state index contributed by atoms with van der Waals surface area (Å²) in [6.45, 7) is 0.795. The van der Waals surface area contributed by atoms with Gasteiger partial charge in [0.05, 0.1) is 22.5 Å². The third-order valence-corrected chi connectivity index (χ3v) is 5.61. The summed E-state index contributed by atoms with van der Waals surface area (Å²) in [5.41, 5.74) is 0.503. The number of carbonyl (C=O) groups is 1. The first-order valence-corrected chi connectivity index (χ1v) is 9.99. The molecule has 1 atom stereocenters. The number of rotatable bonds is 9. The predicted octanol–water partition coefficient (Wildman–Crippen LogP) is 2.76. The Morgan fingerprint density at radius 3 is 2.83 bits per heavy atom. The number of nitrogens with one attached hydrogen (secondary N) is 1. The van der Waals surface area contributed by atoms with Crippen LogP contribution in [0.3, 0.4) is 0 Å². The second kappa shape index (κ2) is 9.01. The summed E-state index contributed by atoms with van der Waals surface area (Å²) in [6, 6.07) is 8.18. The first-order chi connectivity index (χ1) is 13.9. The number of fused-ring (bicyclic) bond motifs is 1. The maximum atomic E-state index is 12.2. The summed E-state index contributed by atoms with van der Waals surface area (Å²) in [7, 11) is 3.94. The fourth-order valence-corrected chi connectivity index (χ4v) is 4.02. The van der Waals surface area contributed by atoms with Gasteiger partial charge in [-0.1, -0.05) is 6.07 Å². The van der Waals surface area contributed by atoms with E-state index >= 15 is 0 Å². The van der Waals surface area contributed by atoms with Crippen LogP contribution in [0.1, 0.15) is 23.8 Å². The van der Waals surface area contributed by atoms with Crippen LogP contribution in [0.2, 0.25) is 0 Å². The summed E-state index contributed by atoms with van der Waals surface area (Å²) in [4.78, 5) is 37.8. The standard InChI is InChI=1S/C19H22N4O5S/c1-21(2)15(17-5-4-10-29-17)12-20-18(24)6-3-9-22-14-8-7-13(23(26)27)11-16(14)28-19(22)25/h4-5,7-8,10-11,15H,3,6,9,12H2,1-2H3,(H,20,24). The van der Waals surface area contributed by atoms with Gasteiger partial charge in [0.1, 0.15) is 0 Å². The van der Waals surface area contributed by atoms with Crippen molar-refractivity contribution in [3.8, 4) is 0 Å². The van der Waals surface area contributed by atoms with E-state index in [1.807, 2.05) is 31.6 Å². The highest BCUT2D eigenvalue weighted by molar-refractivity contribution is 7.10. The van der Waals surface area contributed by atoms with E-state index < -0.39 is 10.7 Å². The summed E-state index contributed by atoms with van der Waals surface area (Å²) in [5, 5.41) is 15.8. The van der Waals surface area contributed by atoms with Gasteiger partial charge in [-0.15, -0.1) is 11.3 Å². The Kier molecular flexibility index (Phi) is 6.45. The Morgan fingerprint density at radius 1 is 1.38 bits per heavy atom. The lowest BCUT2D eigenvalue weighted by molar-refractivity contribution is -0.384. The number of benzene rings is 1. The third kappa shape index (κ3) is 4.90. The van der Waals surface area contributed by atoms with Crippen molar-refractivity contribution in [2.75, 3.05) is 20.6 Å². The number of aryl methyl sites for hydroxylation is 1. The van der Waals surface area contributed by atoms with Crippen molar-refractivity contribution in [2.24, 2.45) is 0 Å². The minimum atomic E-state index is -0.591. The highest BCUT2D eigenvalue weighted by Crippen LogP contribution is 2.22. The lowest BCUT2D eigenvalue weighted by Gasteiger charge is -2.23. The molecule has 0 radical (unpaired) electrons. The molecular weight excluding hydrogens is 396 g/mol. The molecule has 0 fully saturated rings. The predicted molar refractivity (Wildman–Crippen MR) is 110 cm³/mol. The Hall–Kier alpha value is -2.98. The summed E-state index contributed by atoms with van der Waals surface area (Å²) >= 11 is 1.65. The topological polar surface area (TPSA) is 111 Å². The summed E-state index contributed by atoms with van der Waals surface area (Å²) < 4.78 is 6.48. The monoisotopic (exact) mass is 418 g/mol. The van der Waals surface area contributed by atoms with Gasteiger partial charge in [-0.2, -0.15) is 0 Å². The molecule has 2 aromatic heterocycles. The molecular formula is C19H22N4O5S. The number of thiophene rings is 1. The van der Waals surface area contributed by atoms with E-state index in [0.717, 1.165) is 0 Å². The largest absolute Gasteiger partial charge is 0.419 e. The number of nitro groups is 1. The molecule has 2 heterocycles. The number of likely N-dealkylation sites (N-methyl/N-ethyl adjacent to an activating group) is 1. The average molecular weight is 418 g/mol. The molecule has 0 aliphatic heterocycles. The maximum absolute atomic E-state index is 12.2. The number of amides is 1. The molecule has 0 saturated carbocycles. The van der Waals surface area contributed by atoms with Gasteiger partial charge in [0.15, 0.2) is 5.58 Å². The summed E-state index contributed by atoms with van der Waals surface area (Å²) in [6.07, 6.45) is 0.708. The van der Waals surface area contributed by atoms with Crippen molar-refractivity contribution < 1.29 is 14.1 Å². The molecule has 10 heteroatoms. The van der Waals surface area contributed by atoms with E-state index in [2.05, 4.69) is 10.2 Å². The third-order valence-electron chi connectivity index (χ3n) is 4.64. The van der Waals surface area contributed by atoms with Gasteiger partial charge < -0.3 is 14.6 Å². The molecule has 1 N–H and O–H groups in total. The molecule has 0 aliphatic carbocycles. The van der Waals surface area contributed by atoms with Gasteiger partial charge in [0.25, 0.3) is 5.69 Å². The Labute approximate surface area is 170 Å². The van der Waals surface area contributed by atoms with E-state index in [9.17, 15) is 19.7 Å². The maximum Gasteiger partial charge on any atom is 0.419 e. The van der Waals surface area contributed by atoms with Crippen molar-refractivity contribution >= 4 is 34.0 Å². The smallest absolute Gasteiger partial charge is 0.407 e. The normalized spacial score (nSPS) is 12.4. The molecule has 1 aromatic carbocycles. The van der Waals surface area contributed by atoms with Crippen LogP contribution in [-0.2, 0) is 11.3 Å². The minimum Gasteiger partial charge on any atom is -0.407 e. The van der Waals surface area contributed by atoms with Crippen LogP contribution in [0.25, 0.3) is 11.1 Å². The Bertz CT molecular complexity index is 1050. The molecule has 9 nitrogen and oxygen atoms in total. The number of hydrogen-bond acceptors (Lipinski definition) is 7. The van der Waals surface area contributed by atoms with Crippen molar-refractivity contribution in [1.82, 2.24) is 14.8 Å². The van der Waals surface area contributed by atoms with Gasteiger partial charge in [0, 0.05) is 30.5 Å². The summed E-state index contributed by atoms with van der Waals surface area (Å²) in [5.74, 6) is -0.684. The van der Waals surface area contributed by atoms with Crippen LogP contribution in [0.4, 0.5) is 5.69 Å². The molecule has 0 saturated heterocycles. The second-order valence-corrected chi connectivity index (χ2v) is 7.81. The highest BCUT2D eigenvalue weighted by Gasteiger charge is 2.17. The zero-order valence-electron chi connectivity index (χ0n) is 16.2. The molecule has 1 unspecified atom stereocenters. The van der Waals surface area contributed by atoms with E-state index in [4.69, 9.17) is 4.42 Å². The Morgan fingerprint density at radius 2 is 2.17 bits per heavy atom. The van der Waals surface area contributed by atoms with Crippen LogP contribution in [0.5, 0.6) is 0 Å². The van der Waals surface area contributed by atoms with Gasteiger partial charge >= 0.3 is 5.76 Å². The average Bonchev–Trinajstić information content (AvgIpc) is 3.29. The molecule has 154 valence electrons. The van der Waals surface area contributed by atoms with Gasteiger partial charge in [-0.3, -0.25) is 19.5 Å². The fourth-order valence-electron chi connectivity index (χ4n) is 3.10. The van der Waals surface area contributed by atoms with Crippen molar-refractivity contribution in [2.45, 2.75) is 25.4 Å². The lowest BCUT2D eigenvalue weighted by atomic mass is 10.2. The zero-order valence-corrected chi connectivity index (χ0v) is 17.0. The Balaban J connectivity index is 1.56. The van der Waals surface area contributed by atoms with Gasteiger partial charge in [-0.05, 0) is 38.0 Å². The van der Waals surface area contributed by atoms with Gasteiger partial charge in [0.2, 0.25) is 5.91 Å². The highest BCUT2D eigenvalue weighted by atomic mass is 32.1. The number of non-ortho nitro benzene ring substituents is 1. The molecule has 0 aliphatic rings. The minimum absolute atomic E-state index is 0.0927. The molecule has 0 bridgehead atoms. The van der Waals surface area contributed by atoms with Crippen LogP contribution in [0.15, 0.2) is 44.9 Å². The van der Waals surface area contributed by atoms with Crippen molar-refractivity contribution in [1.29, 1.82) is 0 Å². The van der Waals surface area contributed by atoms with Crippen LogP contribution in [0, 0.1) is 10.1 Å². The molecule has 29 heavy (non-hydrogen) atoms. The van der Waals surface area contributed by atoms with E-state index in [0.29, 0.717) is 25.0 Å². The lowest BCUT2D eigenvalue weighted by Crippen LogP contribution is -2.34. The number of nitrogens with zero attached hydrogens (tertiary/aromatic N) is 3. The van der Waals surface area contributed by atoms with E-state index in [-0.39, 0.29) is 29.6 Å². The first-order valence-electron chi connectivity index (χ1n) is 9.11. The van der Waals surface area contributed by atoms with Gasteiger partial charge in [-0.25, -0.2) is 4.79 Å². The second-order valence-electron chi connectivity index (χ2n) is 6.83. The van der Waals surface area contributed by atoms with E-state index in [1.165, 1.54) is 27.6 Å². The number of nitro benzene ring substituents is 1. The van der Waals surface area contributed by atoms with Crippen LogP contribution in [-0.4, -0.2) is 40.9 Å². The quantitative estimate of drug-likeness (QED) is 0.423. The number of carbonyl (C=O) groups excluding carboxylic acids is 1. The number of aromatic nitrogens is 1. The molecule has 3 aromatic rings. The SMILES string of the molecule is CN(C)C(CNC(=O)CCCn1c(=O)oc2cc([N+](=O)[O-])ccc21)c1cccs1. The van der Waals surface area contributed by atoms with E-state index in [1.54, 1.807) is 11.3 Å². The number of hydrogen-bond donors (Lipinski definition) is 1. The molecule has 3 rings (SSSR count). The number of oxazole rings is 1. The first kappa shape index (κ1) is 20.7. The van der Waals surface area contributed by atoms with Crippen LogP contribution < -0.4 is 11.1 Å². The molecule has 1 amide bonds. The van der Waals surface area contributed by atoms with Crippen molar-refractivity contribution in [3.63, 3.8) is 0 Å². The van der Waals surface area contributed by atoms with Crippen LogP contribution >= 0.6 is 11.3 Å². The molecule has 0 spiro atoms. The van der Waals surface area contributed by atoms with Crippen molar-refractivity contribution in [3.05, 3.63) is 61.3 Å². The fraction of sp³-hybridized carbons (Fsp3) is 0.368.